The summed E-state index contributed by atoms with van der Waals surface area (Å²) in [5.41, 5.74) is 0.575. The molecule has 0 bridgehead atoms. The van der Waals surface area contributed by atoms with Gasteiger partial charge in [0.1, 0.15) is 5.75 Å². The minimum absolute atomic E-state index is 0.0546. The van der Waals surface area contributed by atoms with Crippen LogP contribution < -0.4 is 10.1 Å². The molecule has 26 heavy (non-hydrogen) atoms. The SMILES string of the molecule is CC1CC(C(=O)O)CN(C(=O)Nc2ccc(OCC(=O)N(C)C)cc2)C1. The van der Waals surface area contributed by atoms with E-state index in [9.17, 15) is 19.5 Å². The van der Waals surface area contributed by atoms with Gasteiger partial charge in [-0.1, -0.05) is 6.92 Å². The number of aliphatic carboxylic acids is 1. The molecule has 8 nitrogen and oxygen atoms in total. The number of anilines is 1. The van der Waals surface area contributed by atoms with E-state index in [-0.39, 0.29) is 31.0 Å². The summed E-state index contributed by atoms with van der Waals surface area (Å²) in [6.45, 7) is 2.63. The number of likely N-dealkylation sites (tertiary alicyclic amines) is 1. The molecule has 8 heteroatoms. The smallest absolute Gasteiger partial charge is 0.321 e. The molecule has 1 aromatic rings. The summed E-state index contributed by atoms with van der Waals surface area (Å²) in [5.74, 6) is -0.886. The van der Waals surface area contributed by atoms with Gasteiger partial charge in [0.2, 0.25) is 0 Å². The van der Waals surface area contributed by atoms with Gasteiger partial charge in [0.15, 0.2) is 6.61 Å². The summed E-state index contributed by atoms with van der Waals surface area (Å²) in [4.78, 5) is 38.1. The van der Waals surface area contributed by atoms with Gasteiger partial charge < -0.3 is 25.0 Å². The maximum Gasteiger partial charge on any atom is 0.321 e. The fourth-order valence-corrected chi connectivity index (χ4v) is 2.81. The Bertz CT molecular complexity index is 659. The molecule has 1 heterocycles. The van der Waals surface area contributed by atoms with Crippen LogP contribution in [0.4, 0.5) is 10.5 Å². The number of likely N-dealkylation sites (N-methyl/N-ethyl adjacent to an activating group) is 1. The van der Waals surface area contributed by atoms with Crippen molar-refractivity contribution >= 4 is 23.6 Å². The molecule has 2 rings (SSSR count). The minimum atomic E-state index is -0.872. The van der Waals surface area contributed by atoms with Gasteiger partial charge in [-0.05, 0) is 36.6 Å². The molecule has 0 aliphatic carbocycles. The van der Waals surface area contributed by atoms with Crippen LogP contribution in [0.3, 0.4) is 0 Å². The van der Waals surface area contributed by atoms with Gasteiger partial charge >= 0.3 is 12.0 Å². The number of ether oxygens (including phenoxy) is 1. The van der Waals surface area contributed by atoms with Crippen molar-refractivity contribution in [2.75, 3.05) is 39.1 Å². The molecule has 0 aromatic heterocycles. The number of carboxylic acids is 1. The predicted octanol–water partition coefficient (Wildman–Crippen LogP) is 1.73. The molecule has 1 aromatic carbocycles. The number of hydrogen-bond donors (Lipinski definition) is 2. The van der Waals surface area contributed by atoms with Crippen molar-refractivity contribution in [3.8, 4) is 5.75 Å². The molecule has 142 valence electrons. The van der Waals surface area contributed by atoms with E-state index in [0.29, 0.717) is 24.4 Å². The van der Waals surface area contributed by atoms with Crippen molar-refractivity contribution in [2.24, 2.45) is 11.8 Å². The highest BCUT2D eigenvalue weighted by Gasteiger charge is 2.31. The third kappa shape index (κ3) is 5.37. The van der Waals surface area contributed by atoms with Gasteiger partial charge in [-0.25, -0.2) is 4.79 Å². The molecular weight excluding hydrogens is 338 g/mol. The Labute approximate surface area is 152 Å². The Morgan fingerprint density at radius 2 is 1.88 bits per heavy atom. The summed E-state index contributed by atoms with van der Waals surface area (Å²) < 4.78 is 5.38. The maximum absolute atomic E-state index is 12.4. The van der Waals surface area contributed by atoms with Crippen molar-refractivity contribution in [3.05, 3.63) is 24.3 Å². The molecule has 2 atom stereocenters. The highest BCUT2D eigenvalue weighted by Crippen LogP contribution is 2.23. The lowest BCUT2D eigenvalue weighted by molar-refractivity contribution is -0.143. The van der Waals surface area contributed by atoms with Crippen molar-refractivity contribution in [2.45, 2.75) is 13.3 Å². The van der Waals surface area contributed by atoms with Crippen LogP contribution in [-0.2, 0) is 9.59 Å². The number of carboxylic acid groups (broad SMARTS) is 1. The van der Waals surface area contributed by atoms with E-state index in [1.807, 2.05) is 6.92 Å². The predicted molar refractivity (Wildman–Crippen MR) is 96.1 cm³/mol. The number of nitrogens with one attached hydrogen (secondary N) is 1. The van der Waals surface area contributed by atoms with Crippen LogP contribution in [0.25, 0.3) is 0 Å². The number of hydrogen-bond acceptors (Lipinski definition) is 4. The van der Waals surface area contributed by atoms with E-state index in [1.54, 1.807) is 38.4 Å². The van der Waals surface area contributed by atoms with Gasteiger partial charge in [-0.15, -0.1) is 0 Å². The molecule has 1 fully saturated rings. The first-order valence-electron chi connectivity index (χ1n) is 8.48. The zero-order valence-corrected chi connectivity index (χ0v) is 15.3. The minimum Gasteiger partial charge on any atom is -0.484 e. The van der Waals surface area contributed by atoms with Crippen molar-refractivity contribution in [1.29, 1.82) is 0 Å². The van der Waals surface area contributed by atoms with Crippen molar-refractivity contribution in [1.82, 2.24) is 9.80 Å². The van der Waals surface area contributed by atoms with Gasteiger partial charge in [0, 0.05) is 32.9 Å². The first kappa shape index (κ1) is 19.6. The van der Waals surface area contributed by atoms with E-state index in [1.165, 1.54) is 9.80 Å². The average Bonchev–Trinajstić information content (AvgIpc) is 2.60. The average molecular weight is 363 g/mol. The van der Waals surface area contributed by atoms with Gasteiger partial charge in [0.05, 0.1) is 5.92 Å². The standard InChI is InChI=1S/C18H25N3O5/c1-12-8-13(17(23)24)10-21(9-12)18(25)19-14-4-6-15(7-5-14)26-11-16(22)20(2)3/h4-7,12-13H,8-11H2,1-3H3,(H,19,25)(H,23,24). The Balaban J connectivity index is 1.90. The summed E-state index contributed by atoms with van der Waals surface area (Å²) in [6.07, 6.45) is 0.580. The normalized spacial score (nSPS) is 19.6. The maximum atomic E-state index is 12.4. The summed E-state index contributed by atoms with van der Waals surface area (Å²) in [6, 6.07) is 6.36. The number of piperidine rings is 1. The van der Waals surface area contributed by atoms with Crippen LogP contribution in [0, 0.1) is 11.8 Å². The molecule has 0 saturated carbocycles. The lowest BCUT2D eigenvalue weighted by Gasteiger charge is -2.34. The van der Waals surface area contributed by atoms with Crippen LogP contribution in [0.5, 0.6) is 5.75 Å². The molecule has 2 unspecified atom stereocenters. The summed E-state index contributed by atoms with van der Waals surface area (Å²) >= 11 is 0. The van der Waals surface area contributed by atoms with E-state index in [2.05, 4.69) is 5.32 Å². The first-order valence-corrected chi connectivity index (χ1v) is 8.48. The summed E-state index contributed by atoms with van der Waals surface area (Å²) in [7, 11) is 3.31. The van der Waals surface area contributed by atoms with Crippen molar-refractivity contribution in [3.63, 3.8) is 0 Å². The quantitative estimate of drug-likeness (QED) is 0.830. The van der Waals surface area contributed by atoms with Gasteiger partial charge in [-0.2, -0.15) is 0 Å². The van der Waals surface area contributed by atoms with Gasteiger partial charge in [0.25, 0.3) is 5.91 Å². The van der Waals surface area contributed by atoms with Gasteiger partial charge in [-0.3, -0.25) is 9.59 Å². The van der Waals surface area contributed by atoms with Crippen molar-refractivity contribution < 1.29 is 24.2 Å². The first-order chi connectivity index (χ1) is 12.3. The summed E-state index contributed by atoms with van der Waals surface area (Å²) in [5, 5.41) is 12.0. The number of nitrogens with zero attached hydrogens (tertiary/aromatic N) is 2. The molecule has 2 N–H and O–H groups in total. The third-order valence-electron chi connectivity index (χ3n) is 4.26. The fraction of sp³-hybridized carbons (Fsp3) is 0.500. The molecule has 0 spiro atoms. The van der Waals surface area contributed by atoms with Crippen LogP contribution in [-0.4, -0.2) is 66.6 Å². The number of benzene rings is 1. The molecular formula is C18H25N3O5. The molecule has 0 radical (unpaired) electrons. The highest BCUT2D eigenvalue weighted by molar-refractivity contribution is 5.89. The number of urea groups is 1. The Morgan fingerprint density at radius 1 is 1.23 bits per heavy atom. The van der Waals surface area contributed by atoms with E-state index < -0.39 is 11.9 Å². The van der Waals surface area contributed by atoms with Crippen LogP contribution in [0.1, 0.15) is 13.3 Å². The Kier molecular flexibility index (Phi) is 6.43. The second-order valence-corrected chi connectivity index (χ2v) is 6.81. The monoisotopic (exact) mass is 363 g/mol. The fourth-order valence-electron chi connectivity index (χ4n) is 2.81. The van der Waals surface area contributed by atoms with E-state index >= 15 is 0 Å². The Hall–Kier alpha value is -2.77. The number of amides is 3. The second kappa shape index (κ2) is 8.55. The number of carbonyl (C=O) groups excluding carboxylic acids is 2. The number of rotatable bonds is 5. The lowest BCUT2D eigenvalue weighted by atomic mass is 9.91. The third-order valence-corrected chi connectivity index (χ3v) is 4.26. The molecule has 1 aliphatic heterocycles. The highest BCUT2D eigenvalue weighted by atomic mass is 16.5. The van der Waals surface area contributed by atoms with Crippen LogP contribution >= 0.6 is 0 Å². The number of carbonyl (C=O) groups is 3. The lowest BCUT2D eigenvalue weighted by Crippen LogP contribution is -2.47. The Morgan fingerprint density at radius 3 is 2.46 bits per heavy atom. The topological polar surface area (TPSA) is 99.2 Å². The van der Waals surface area contributed by atoms with E-state index in [4.69, 9.17) is 4.74 Å². The largest absolute Gasteiger partial charge is 0.484 e. The second-order valence-electron chi connectivity index (χ2n) is 6.81. The van der Waals surface area contributed by atoms with Crippen LogP contribution in [0.2, 0.25) is 0 Å². The molecule has 1 saturated heterocycles. The van der Waals surface area contributed by atoms with E-state index in [0.717, 1.165) is 0 Å². The zero-order valence-electron chi connectivity index (χ0n) is 15.3. The zero-order chi connectivity index (χ0) is 19.3. The molecule has 3 amide bonds. The van der Waals surface area contributed by atoms with Crippen LogP contribution in [0.15, 0.2) is 24.3 Å². The molecule has 1 aliphatic rings.